The van der Waals surface area contributed by atoms with Crippen molar-refractivity contribution in [3.63, 3.8) is 0 Å². The van der Waals surface area contributed by atoms with Gasteiger partial charge in [0.2, 0.25) is 5.82 Å². The van der Waals surface area contributed by atoms with Crippen molar-refractivity contribution in [1.29, 1.82) is 0 Å². The Morgan fingerprint density at radius 1 is 1.35 bits per heavy atom. The quantitative estimate of drug-likeness (QED) is 0.542. The number of alkyl halides is 1. The maximum Gasteiger partial charge on any atom is 0.200 e. The Morgan fingerprint density at radius 2 is 2.10 bits per heavy atom. The molecule has 0 fully saturated rings. The molecule has 0 spiro atoms. The zero-order chi connectivity index (χ0) is 14.7. The lowest BCUT2D eigenvalue weighted by atomic mass is 10.0. The molecular formula is C15H13ClF2OS. The zero-order valence-corrected chi connectivity index (χ0v) is 12.4. The van der Waals surface area contributed by atoms with Crippen molar-refractivity contribution < 1.29 is 13.5 Å². The monoisotopic (exact) mass is 314 g/mol. The maximum atomic E-state index is 13.9. The summed E-state index contributed by atoms with van der Waals surface area (Å²) in [4.78, 5) is 1.03. The van der Waals surface area contributed by atoms with Crippen LogP contribution in [0.25, 0.3) is 0 Å². The van der Waals surface area contributed by atoms with Gasteiger partial charge in [-0.1, -0.05) is 18.7 Å². The van der Waals surface area contributed by atoms with Crippen LogP contribution in [0.3, 0.4) is 0 Å². The summed E-state index contributed by atoms with van der Waals surface area (Å²) < 4.78 is 32.5. The van der Waals surface area contributed by atoms with Crippen LogP contribution in [0.2, 0.25) is 0 Å². The molecule has 1 unspecified atom stereocenters. The van der Waals surface area contributed by atoms with Crippen LogP contribution >= 0.6 is 22.9 Å². The topological polar surface area (TPSA) is 9.23 Å². The van der Waals surface area contributed by atoms with Crippen molar-refractivity contribution >= 4 is 22.9 Å². The fourth-order valence-corrected chi connectivity index (χ4v) is 3.07. The van der Waals surface area contributed by atoms with Crippen molar-refractivity contribution in [3.8, 4) is 5.75 Å². The normalized spacial score (nSPS) is 12.2. The van der Waals surface area contributed by atoms with E-state index < -0.39 is 17.0 Å². The Kier molecular flexibility index (Phi) is 4.78. The molecular weight excluding hydrogens is 302 g/mol. The van der Waals surface area contributed by atoms with Gasteiger partial charge in [-0.05, 0) is 30.0 Å². The maximum absolute atomic E-state index is 13.9. The number of ether oxygens (including phenoxy) is 1. The lowest BCUT2D eigenvalue weighted by Gasteiger charge is -2.16. The van der Waals surface area contributed by atoms with E-state index >= 15 is 0 Å². The van der Waals surface area contributed by atoms with Crippen LogP contribution in [0.4, 0.5) is 8.78 Å². The molecule has 1 heterocycles. The first kappa shape index (κ1) is 15.0. The highest BCUT2D eigenvalue weighted by atomic mass is 35.5. The van der Waals surface area contributed by atoms with Gasteiger partial charge in [-0.25, -0.2) is 4.39 Å². The zero-order valence-electron chi connectivity index (χ0n) is 10.8. The third-order valence-corrected chi connectivity index (χ3v) is 4.20. The van der Waals surface area contributed by atoms with Gasteiger partial charge in [0, 0.05) is 10.4 Å². The van der Waals surface area contributed by atoms with Crippen LogP contribution in [0.5, 0.6) is 5.75 Å². The lowest BCUT2D eigenvalue weighted by Crippen LogP contribution is -2.04. The van der Waals surface area contributed by atoms with Gasteiger partial charge < -0.3 is 4.74 Å². The molecule has 0 N–H and O–H groups in total. The van der Waals surface area contributed by atoms with E-state index in [9.17, 15) is 8.78 Å². The number of hydrogen-bond acceptors (Lipinski definition) is 2. The molecule has 2 aromatic rings. The Bertz CT molecular complexity index is 624. The molecule has 5 heteroatoms. The predicted octanol–water partition coefficient (Wildman–Crippen LogP) is 5.23. The summed E-state index contributed by atoms with van der Waals surface area (Å²) in [5.74, 6) is -2.14. The van der Waals surface area contributed by atoms with E-state index in [-0.39, 0.29) is 12.4 Å². The first-order chi connectivity index (χ1) is 9.56. The number of halogens is 3. The molecule has 0 saturated carbocycles. The summed E-state index contributed by atoms with van der Waals surface area (Å²) in [7, 11) is 0. The number of thiophene rings is 1. The van der Waals surface area contributed by atoms with E-state index in [1.807, 2.05) is 18.4 Å². The first-order valence-corrected chi connectivity index (χ1v) is 7.27. The third-order valence-electron chi connectivity index (χ3n) is 2.87. The summed E-state index contributed by atoms with van der Waals surface area (Å²) in [5.41, 5.74) is 1.28. The SMILES string of the molecule is C=CCOc1c(C(Cl)c2ccsc2C)ccc(F)c1F. The number of rotatable bonds is 5. The van der Waals surface area contributed by atoms with Crippen molar-refractivity contribution in [2.45, 2.75) is 12.3 Å². The van der Waals surface area contributed by atoms with Crippen molar-refractivity contribution in [3.05, 3.63) is 63.9 Å². The second kappa shape index (κ2) is 6.37. The van der Waals surface area contributed by atoms with Gasteiger partial charge in [-0.2, -0.15) is 4.39 Å². The molecule has 1 nitrogen and oxygen atoms in total. The standard InChI is InChI=1S/C15H13ClF2OS/c1-3-7-19-15-11(4-5-12(17)14(15)18)13(16)10-6-8-20-9(10)2/h3-6,8,13H,1,7H2,2H3. The molecule has 0 saturated heterocycles. The van der Waals surface area contributed by atoms with Crippen LogP contribution in [-0.2, 0) is 0 Å². The van der Waals surface area contributed by atoms with Gasteiger partial charge in [-0.15, -0.1) is 22.9 Å². The van der Waals surface area contributed by atoms with Gasteiger partial charge in [0.05, 0.1) is 5.38 Å². The predicted molar refractivity (Wildman–Crippen MR) is 78.8 cm³/mol. The highest BCUT2D eigenvalue weighted by molar-refractivity contribution is 7.10. The van der Waals surface area contributed by atoms with Crippen LogP contribution in [0.15, 0.2) is 36.2 Å². The molecule has 1 atom stereocenters. The van der Waals surface area contributed by atoms with E-state index in [4.69, 9.17) is 16.3 Å². The van der Waals surface area contributed by atoms with E-state index in [1.54, 1.807) is 11.3 Å². The third kappa shape index (κ3) is 2.86. The van der Waals surface area contributed by atoms with E-state index in [2.05, 4.69) is 6.58 Å². The molecule has 0 bridgehead atoms. The van der Waals surface area contributed by atoms with Crippen molar-refractivity contribution in [2.75, 3.05) is 6.61 Å². The minimum absolute atomic E-state index is 0.0829. The fourth-order valence-electron chi connectivity index (χ4n) is 1.86. The van der Waals surface area contributed by atoms with Crippen LogP contribution in [-0.4, -0.2) is 6.61 Å². The molecule has 2 rings (SSSR count). The minimum Gasteiger partial charge on any atom is -0.486 e. The molecule has 0 aliphatic heterocycles. The summed E-state index contributed by atoms with van der Waals surface area (Å²) in [6.45, 7) is 5.51. The van der Waals surface area contributed by atoms with Crippen LogP contribution in [0, 0.1) is 18.6 Å². The molecule has 0 aliphatic rings. The fraction of sp³-hybridized carbons (Fsp3) is 0.200. The Balaban J connectivity index is 2.47. The number of aryl methyl sites for hydroxylation is 1. The second-order valence-corrected chi connectivity index (χ2v) is 5.73. The highest BCUT2D eigenvalue weighted by Crippen LogP contribution is 2.39. The van der Waals surface area contributed by atoms with Gasteiger partial charge in [0.25, 0.3) is 0 Å². The molecule has 0 aliphatic carbocycles. The van der Waals surface area contributed by atoms with Crippen molar-refractivity contribution in [2.24, 2.45) is 0 Å². The smallest absolute Gasteiger partial charge is 0.200 e. The van der Waals surface area contributed by atoms with Gasteiger partial charge in [0.15, 0.2) is 11.6 Å². The minimum atomic E-state index is -1.03. The molecule has 20 heavy (non-hydrogen) atoms. The Morgan fingerprint density at radius 3 is 2.70 bits per heavy atom. The van der Waals surface area contributed by atoms with Gasteiger partial charge in [-0.3, -0.25) is 0 Å². The Hall–Kier alpha value is -1.39. The highest BCUT2D eigenvalue weighted by Gasteiger charge is 2.23. The molecule has 0 amide bonds. The second-order valence-electron chi connectivity index (χ2n) is 4.17. The van der Waals surface area contributed by atoms with Gasteiger partial charge >= 0.3 is 0 Å². The lowest BCUT2D eigenvalue weighted by molar-refractivity contribution is 0.329. The Labute approximate surface area is 125 Å². The summed E-state index contributed by atoms with van der Waals surface area (Å²) >= 11 is 7.95. The van der Waals surface area contributed by atoms with Crippen LogP contribution in [0.1, 0.15) is 21.4 Å². The molecule has 0 radical (unpaired) electrons. The molecule has 1 aromatic heterocycles. The van der Waals surface area contributed by atoms with Crippen molar-refractivity contribution in [1.82, 2.24) is 0 Å². The van der Waals surface area contributed by atoms with E-state index in [0.717, 1.165) is 16.5 Å². The van der Waals surface area contributed by atoms with E-state index in [0.29, 0.717) is 5.56 Å². The van der Waals surface area contributed by atoms with Gasteiger partial charge in [0.1, 0.15) is 6.61 Å². The average molecular weight is 315 g/mol. The van der Waals surface area contributed by atoms with Crippen LogP contribution < -0.4 is 4.74 Å². The number of benzene rings is 1. The average Bonchev–Trinajstić information content (AvgIpc) is 2.86. The summed E-state index contributed by atoms with van der Waals surface area (Å²) in [6.07, 6.45) is 1.47. The molecule has 1 aromatic carbocycles. The largest absolute Gasteiger partial charge is 0.486 e. The summed E-state index contributed by atoms with van der Waals surface area (Å²) in [5, 5.41) is 1.32. The number of hydrogen-bond donors (Lipinski definition) is 0. The molecule has 106 valence electrons. The summed E-state index contributed by atoms with van der Waals surface area (Å²) in [6, 6.07) is 4.38. The first-order valence-electron chi connectivity index (χ1n) is 5.96. The van der Waals surface area contributed by atoms with E-state index in [1.165, 1.54) is 12.1 Å².